The molecule has 1 N–H and O–H groups in total. The van der Waals surface area contributed by atoms with E-state index >= 15 is 0 Å². The molecule has 1 fully saturated rings. The molecule has 1 aromatic carbocycles. The molecule has 7 heteroatoms. The fourth-order valence-electron chi connectivity index (χ4n) is 2.55. The zero-order chi connectivity index (χ0) is 14.8. The number of hydrogen-bond donors (Lipinski definition) is 1. The predicted octanol–water partition coefficient (Wildman–Crippen LogP) is 2.83. The van der Waals surface area contributed by atoms with Crippen LogP contribution in [0.3, 0.4) is 0 Å². The molecule has 1 aliphatic heterocycles. The zero-order valence-electron chi connectivity index (χ0n) is 12.3. The number of nitrogens with zero attached hydrogens (tertiary/aromatic N) is 1. The van der Waals surface area contributed by atoms with Crippen LogP contribution in [0.2, 0.25) is 5.02 Å². The molecule has 1 unspecified atom stereocenters. The second kappa shape index (κ2) is 7.79. The highest BCUT2D eigenvalue weighted by atomic mass is 35.5. The highest BCUT2D eigenvalue weighted by Crippen LogP contribution is 2.28. The van der Waals surface area contributed by atoms with Gasteiger partial charge < -0.3 is 5.32 Å². The first-order chi connectivity index (χ1) is 9.46. The lowest BCUT2D eigenvalue weighted by Crippen LogP contribution is -2.42. The summed E-state index contributed by atoms with van der Waals surface area (Å²) in [7, 11) is -3.53. The average Bonchev–Trinajstić information content (AvgIpc) is 2.88. The summed E-state index contributed by atoms with van der Waals surface area (Å²) >= 11 is 6.14. The van der Waals surface area contributed by atoms with Crippen LogP contribution >= 0.6 is 24.0 Å². The molecule has 1 saturated heterocycles. The van der Waals surface area contributed by atoms with Gasteiger partial charge in [-0.2, -0.15) is 4.31 Å². The van der Waals surface area contributed by atoms with Crippen LogP contribution in [0.1, 0.15) is 25.3 Å². The Morgan fingerprint density at radius 1 is 1.43 bits per heavy atom. The van der Waals surface area contributed by atoms with Crippen LogP contribution in [0.4, 0.5) is 0 Å². The van der Waals surface area contributed by atoms with Crippen molar-refractivity contribution in [2.75, 3.05) is 19.6 Å². The maximum atomic E-state index is 12.9. The van der Waals surface area contributed by atoms with Crippen molar-refractivity contribution in [2.45, 2.75) is 37.6 Å². The topological polar surface area (TPSA) is 49.4 Å². The number of hydrogen-bond acceptors (Lipinski definition) is 3. The predicted molar refractivity (Wildman–Crippen MR) is 88.9 cm³/mol. The van der Waals surface area contributed by atoms with E-state index in [-0.39, 0.29) is 23.3 Å². The van der Waals surface area contributed by atoms with E-state index in [1.165, 1.54) is 0 Å². The van der Waals surface area contributed by atoms with E-state index in [2.05, 4.69) is 5.32 Å². The molecule has 2 rings (SSSR count). The third kappa shape index (κ3) is 4.11. The Morgan fingerprint density at radius 3 is 2.67 bits per heavy atom. The van der Waals surface area contributed by atoms with Gasteiger partial charge in [0.25, 0.3) is 0 Å². The molecular weight excluding hydrogens is 331 g/mol. The van der Waals surface area contributed by atoms with Gasteiger partial charge in [0.15, 0.2) is 0 Å². The van der Waals surface area contributed by atoms with Crippen molar-refractivity contribution in [3.8, 4) is 0 Å². The molecule has 0 amide bonds. The summed E-state index contributed by atoms with van der Waals surface area (Å²) in [5.74, 6) is 0. The van der Waals surface area contributed by atoms with E-state index in [0.717, 1.165) is 24.9 Å². The van der Waals surface area contributed by atoms with Crippen LogP contribution < -0.4 is 5.32 Å². The first-order valence-corrected chi connectivity index (χ1v) is 8.77. The highest BCUT2D eigenvalue weighted by Gasteiger charge is 2.33. The van der Waals surface area contributed by atoms with Crippen LogP contribution in [-0.4, -0.2) is 38.4 Å². The Labute approximate surface area is 138 Å². The lowest BCUT2D eigenvalue weighted by atomic mass is 10.2. The van der Waals surface area contributed by atoms with Gasteiger partial charge in [-0.3, -0.25) is 0 Å². The van der Waals surface area contributed by atoms with Gasteiger partial charge >= 0.3 is 0 Å². The Kier molecular flexibility index (Phi) is 6.94. The van der Waals surface area contributed by atoms with Gasteiger partial charge in [0.2, 0.25) is 10.0 Å². The van der Waals surface area contributed by atoms with Gasteiger partial charge in [0, 0.05) is 19.1 Å². The molecule has 1 heterocycles. The Morgan fingerprint density at radius 2 is 2.14 bits per heavy atom. The lowest BCUT2D eigenvalue weighted by Gasteiger charge is -2.27. The summed E-state index contributed by atoms with van der Waals surface area (Å²) in [6.45, 7) is 5.98. The van der Waals surface area contributed by atoms with Crippen LogP contribution in [0, 0.1) is 6.92 Å². The first-order valence-electron chi connectivity index (χ1n) is 6.95. The fraction of sp³-hybridized carbons (Fsp3) is 0.571. The van der Waals surface area contributed by atoms with Crippen LogP contribution in [0.15, 0.2) is 23.1 Å². The molecule has 0 aliphatic carbocycles. The van der Waals surface area contributed by atoms with Crippen LogP contribution in [-0.2, 0) is 10.0 Å². The minimum Gasteiger partial charge on any atom is -0.315 e. The van der Waals surface area contributed by atoms with Gasteiger partial charge in [-0.15, -0.1) is 12.4 Å². The number of halogens is 2. The van der Waals surface area contributed by atoms with Crippen molar-refractivity contribution >= 4 is 34.0 Å². The van der Waals surface area contributed by atoms with Gasteiger partial charge in [0.1, 0.15) is 4.90 Å². The van der Waals surface area contributed by atoms with E-state index in [0.29, 0.717) is 18.1 Å². The minimum atomic E-state index is -3.53. The second-order valence-electron chi connectivity index (χ2n) is 5.20. The highest BCUT2D eigenvalue weighted by molar-refractivity contribution is 7.89. The summed E-state index contributed by atoms with van der Waals surface area (Å²) in [5.41, 5.74) is 0.957. The van der Waals surface area contributed by atoms with Crippen molar-refractivity contribution in [3.63, 3.8) is 0 Å². The molecule has 4 nitrogen and oxygen atoms in total. The number of nitrogens with one attached hydrogen (secondary N) is 1. The van der Waals surface area contributed by atoms with Crippen molar-refractivity contribution in [1.82, 2.24) is 9.62 Å². The van der Waals surface area contributed by atoms with Gasteiger partial charge in [0.05, 0.1) is 5.02 Å². The normalized spacial score (nSPS) is 18.8. The molecule has 1 aliphatic rings. The summed E-state index contributed by atoms with van der Waals surface area (Å²) in [4.78, 5) is 0.213. The minimum absolute atomic E-state index is 0. The van der Waals surface area contributed by atoms with Crippen molar-refractivity contribution in [2.24, 2.45) is 0 Å². The zero-order valence-corrected chi connectivity index (χ0v) is 14.7. The molecular formula is C14H22Cl2N2O2S. The Balaban J connectivity index is 0.00000220. The summed E-state index contributed by atoms with van der Waals surface area (Å²) in [6.07, 6.45) is 1.64. The lowest BCUT2D eigenvalue weighted by molar-refractivity contribution is 0.335. The second-order valence-corrected chi connectivity index (χ2v) is 7.46. The van der Waals surface area contributed by atoms with E-state index in [1.807, 2.05) is 13.8 Å². The van der Waals surface area contributed by atoms with Gasteiger partial charge in [-0.25, -0.2) is 8.42 Å². The van der Waals surface area contributed by atoms with Crippen molar-refractivity contribution < 1.29 is 8.42 Å². The summed E-state index contributed by atoms with van der Waals surface area (Å²) < 4.78 is 27.3. The van der Waals surface area contributed by atoms with E-state index in [9.17, 15) is 8.42 Å². The third-order valence-electron chi connectivity index (χ3n) is 3.56. The third-order valence-corrected chi connectivity index (χ3v) is 5.99. The van der Waals surface area contributed by atoms with E-state index in [1.54, 1.807) is 22.5 Å². The Bertz CT molecular complexity index is 572. The largest absolute Gasteiger partial charge is 0.315 e. The number of sulfonamides is 1. The number of aryl methyl sites for hydroxylation is 1. The SMILES string of the molecule is CCCN(C1CCNC1)S(=O)(=O)c1ccc(C)cc1Cl.Cl. The molecule has 1 atom stereocenters. The standard InChI is InChI=1S/C14H21ClN2O2S.ClH/c1-3-8-17(12-6-7-16-10-12)20(18,19)14-5-4-11(2)9-13(14)15;/h4-5,9,12,16H,3,6-8,10H2,1-2H3;1H. The monoisotopic (exact) mass is 352 g/mol. The first kappa shape index (κ1) is 18.7. The van der Waals surface area contributed by atoms with E-state index < -0.39 is 10.0 Å². The molecule has 120 valence electrons. The van der Waals surface area contributed by atoms with Crippen molar-refractivity contribution in [1.29, 1.82) is 0 Å². The molecule has 0 spiro atoms. The van der Waals surface area contributed by atoms with Gasteiger partial charge in [-0.1, -0.05) is 24.6 Å². The Hall–Kier alpha value is -0.330. The molecule has 0 radical (unpaired) electrons. The van der Waals surface area contributed by atoms with Crippen LogP contribution in [0.25, 0.3) is 0 Å². The van der Waals surface area contributed by atoms with E-state index in [4.69, 9.17) is 11.6 Å². The molecule has 0 bridgehead atoms. The summed E-state index contributed by atoms with van der Waals surface area (Å²) in [6, 6.07) is 5.12. The van der Waals surface area contributed by atoms with Gasteiger partial charge in [-0.05, 0) is 44.0 Å². The molecule has 21 heavy (non-hydrogen) atoms. The average molecular weight is 353 g/mol. The molecule has 0 saturated carbocycles. The smallest absolute Gasteiger partial charge is 0.244 e. The summed E-state index contributed by atoms with van der Waals surface area (Å²) in [5, 5.41) is 3.52. The van der Waals surface area contributed by atoms with Crippen molar-refractivity contribution in [3.05, 3.63) is 28.8 Å². The quantitative estimate of drug-likeness (QED) is 0.886. The maximum Gasteiger partial charge on any atom is 0.244 e. The maximum absolute atomic E-state index is 12.9. The molecule has 0 aromatic heterocycles. The van der Waals surface area contributed by atoms with Crippen LogP contribution in [0.5, 0.6) is 0 Å². The number of benzene rings is 1. The number of rotatable bonds is 5. The molecule has 1 aromatic rings. The fourth-order valence-corrected chi connectivity index (χ4v) is 4.87.